The van der Waals surface area contributed by atoms with Gasteiger partial charge < -0.3 is 20.3 Å². The summed E-state index contributed by atoms with van der Waals surface area (Å²) in [4.78, 5) is 17.3. The van der Waals surface area contributed by atoms with Gasteiger partial charge in [0.25, 0.3) is 0 Å². The van der Waals surface area contributed by atoms with Crippen molar-refractivity contribution in [3.05, 3.63) is 59.7 Å². The zero-order valence-corrected chi connectivity index (χ0v) is 21.8. The third kappa shape index (κ3) is 4.37. The summed E-state index contributed by atoms with van der Waals surface area (Å²) in [5.74, 6) is 1.06. The van der Waals surface area contributed by atoms with E-state index in [2.05, 4.69) is 52.4 Å². The molecule has 0 bridgehead atoms. The van der Waals surface area contributed by atoms with E-state index in [0.717, 1.165) is 58.2 Å². The van der Waals surface area contributed by atoms with Crippen molar-refractivity contribution in [2.45, 2.75) is 50.2 Å². The summed E-state index contributed by atoms with van der Waals surface area (Å²) >= 11 is 1.54. The number of aryl methyl sites for hydroxylation is 1. The molecule has 0 saturated carbocycles. The smallest absolute Gasteiger partial charge is 0.423 e. The van der Waals surface area contributed by atoms with Crippen LogP contribution in [0.2, 0.25) is 0 Å². The van der Waals surface area contributed by atoms with Crippen LogP contribution in [0, 0.1) is 0 Å². The molecule has 0 fully saturated rings. The van der Waals surface area contributed by atoms with Crippen molar-refractivity contribution in [3.63, 3.8) is 0 Å². The van der Waals surface area contributed by atoms with E-state index in [1.165, 1.54) is 34.6 Å². The Labute approximate surface area is 218 Å². The van der Waals surface area contributed by atoms with E-state index in [-0.39, 0.29) is 6.04 Å². The second-order valence-corrected chi connectivity index (χ2v) is 10.6. The molecular weight excluding hydrogens is 485 g/mol. The number of aromatic nitrogens is 6. The molecule has 4 heterocycles. The predicted molar refractivity (Wildman–Crippen MR) is 147 cm³/mol. The molecule has 5 aromatic rings. The molecule has 0 amide bonds. The summed E-state index contributed by atoms with van der Waals surface area (Å²) in [5, 5.41) is 29.2. The van der Waals surface area contributed by atoms with E-state index >= 15 is 0 Å². The lowest BCUT2D eigenvalue weighted by atomic mass is 9.80. The number of aromatic amines is 1. The van der Waals surface area contributed by atoms with E-state index < -0.39 is 7.12 Å². The molecule has 1 aliphatic rings. The zero-order chi connectivity index (χ0) is 25.7. The zero-order valence-electron chi connectivity index (χ0n) is 20.9. The second kappa shape index (κ2) is 9.48. The summed E-state index contributed by atoms with van der Waals surface area (Å²) in [7, 11) is -1.54. The lowest BCUT2D eigenvalue weighted by Gasteiger charge is -2.24. The quantitative estimate of drug-likeness (QED) is 0.202. The number of hydrogen-bond acceptors (Lipinski definition) is 8. The number of nitrogens with zero attached hydrogens (tertiary/aromatic N) is 5. The first-order chi connectivity index (χ1) is 17.9. The van der Waals surface area contributed by atoms with Gasteiger partial charge in [-0.05, 0) is 54.2 Å². The van der Waals surface area contributed by atoms with E-state index in [1.54, 1.807) is 12.3 Å². The molecule has 0 saturated heterocycles. The van der Waals surface area contributed by atoms with Crippen LogP contribution in [-0.4, -0.2) is 59.0 Å². The van der Waals surface area contributed by atoms with Gasteiger partial charge in [-0.3, -0.25) is 4.98 Å². The van der Waals surface area contributed by atoms with Crippen LogP contribution in [0.15, 0.2) is 48.0 Å². The maximum absolute atomic E-state index is 9.51. The molecule has 4 aromatic heterocycles. The Kier molecular flexibility index (Phi) is 6.14. The van der Waals surface area contributed by atoms with Crippen molar-refractivity contribution >= 4 is 46.8 Å². The third-order valence-corrected chi connectivity index (χ3v) is 7.64. The first-order valence-corrected chi connectivity index (χ1v) is 13.6. The summed E-state index contributed by atoms with van der Waals surface area (Å²) in [6, 6.07) is 8.29. The molecule has 0 radical (unpaired) electrons. The van der Waals surface area contributed by atoms with E-state index in [0.29, 0.717) is 11.4 Å². The molecule has 188 valence electrons. The molecule has 6 rings (SSSR count). The Morgan fingerprint density at radius 3 is 2.78 bits per heavy atom. The van der Waals surface area contributed by atoms with Gasteiger partial charge in [0, 0.05) is 46.1 Å². The molecule has 1 aliphatic carbocycles. The summed E-state index contributed by atoms with van der Waals surface area (Å²) in [5.41, 5.74) is 7.83. The molecule has 37 heavy (non-hydrogen) atoms. The molecule has 11 heteroatoms. The molecule has 0 spiro atoms. The van der Waals surface area contributed by atoms with Crippen molar-refractivity contribution in [2.24, 2.45) is 0 Å². The van der Waals surface area contributed by atoms with Crippen LogP contribution in [0.25, 0.3) is 27.7 Å². The molecule has 1 aromatic carbocycles. The van der Waals surface area contributed by atoms with Crippen LogP contribution in [0.5, 0.6) is 0 Å². The van der Waals surface area contributed by atoms with Crippen molar-refractivity contribution in [3.8, 4) is 11.1 Å². The van der Waals surface area contributed by atoms with Gasteiger partial charge in [-0.1, -0.05) is 43.8 Å². The molecule has 9 nitrogen and oxygen atoms in total. The van der Waals surface area contributed by atoms with Gasteiger partial charge in [0.15, 0.2) is 10.8 Å². The Balaban J connectivity index is 1.30. The SMILES string of the molecule is CSc1nc(N[C@@H]2CCc3[nH]c4cc(-c5cncc(B(O)O)c5)ccc4c3C2)n2ncc(C(C)C)c2n1. The molecular formula is C26H28BN7O2S. The van der Waals surface area contributed by atoms with Gasteiger partial charge in [-0.15, -0.1) is 0 Å². The monoisotopic (exact) mass is 513 g/mol. The van der Waals surface area contributed by atoms with Crippen molar-refractivity contribution < 1.29 is 10.0 Å². The fourth-order valence-corrected chi connectivity index (χ4v) is 5.49. The Morgan fingerprint density at radius 2 is 2.00 bits per heavy atom. The number of anilines is 1. The highest BCUT2D eigenvalue weighted by molar-refractivity contribution is 7.98. The first-order valence-electron chi connectivity index (χ1n) is 12.4. The highest BCUT2D eigenvalue weighted by atomic mass is 32.2. The maximum Gasteiger partial charge on any atom is 0.490 e. The van der Waals surface area contributed by atoms with Gasteiger partial charge in [0.05, 0.1) is 6.20 Å². The van der Waals surface area contributed by atoms with Gasteiger partial charge in [0.2, 0.25) is 5.95 Å². The summed E-state index contributed by atoms with van der Waals surface area (Å²) in [6.07, 6.45) is 9.88. The normalized spacial score (nSPS) is 15.5. The number of pyridine rings is 1. The van der Waals surface area contributed by atoms with Crippen LogP contribution in [0.1, 0.15) is 43.0 Å². The highest BCUT2D eigenvalue weighted by Gasteiger charge is 2.25. The van der Waals surface area contributed by atoms with Crippen molar-refractivity contribution in [2.75, 3.05) is 11.6 Å². The average Bonchev–Trinajstić information content (AvgIpc) is 3.50. The van der Waals surface area contributed by atoms with E-state index in [4.69, 9.17) is 9.97 Å². The molecule has 0 aliphatic heterocycles. The minimum Gasteiger partial charge on any atom is -0.423 e. The van der Waals surface area contributed by atoms with E-state index in [1.807, 2.05) is 17.0 Å². The lowest BCUT2D eigenvalue weighted by Crippen LogP contribution is -2.30. The van der Waals surface area contributed by atoms with Crippen LogP contribution in [0.3, 0.4) is 0 Å². The maximum atomic E-state index is 9.51. The fraction of sp³-hybridized carbons (Fsp3) is 0.308. The van der Waals surface area contributed by atoms with Crippen LogP contribution in [-0.2, 0) is 12.8 Å². The number of rotatable bonds is 6. The Morgan fingerprint density at radius 1 is 1.14 bits per heavy atom. The number of hydrogen-bond donors (Lipinski definition) is 4. The average molecular weight is 513 g/mol. The largest absolute Gasteiger partial charge is 0.490 e. The second-order valence-electron chi connectivity index (χ2n) is 9.83. The number of benzene rings is 1. The van der Waals surface area contributed by atoms with Crippen molar-refractivity contribution in [1.29, 1.82) is 0 Å². The number of fused-ring (bicyclic) bond motifs is 4. The minimum atomic E-state index is -1.54. The Bertz CT molecular complexity index is 1610. The predicted octanol–water partition coefficient (Wildman–Crippen LogP) is 3.16. The topological polar surface area (TPSA) is 124 Å². The van der Waals surface area contributed by atoms with Crippen molar-refractivity contribution in [1.82, 2.24) is 29.5 Å². The fourth-order valence-electron chi connectivity index (χ4n) is 5.13. The minimum absolute atomic E-state index is 0.220. The summed E-state index contributed by atoms with van der Waals surface area (Å²) < 4.78 is 1.83. The van der Waals surface area contributed by atoms with Gasteiger partial charge in [-0.2, -0.15) is 14.6 Å². The van der Waals surface area contributed by atoms with Crippen LogP contribution in [0.4, 0.5) is 5.95 Å². The highest BCUT2D eigenvalue weighted by Crippen LogP contribution is 2.33. The van der Waals surface area contributed by atoms with Gasteiger partial charge in [-0.25, -0.2) is 4.98 Å². The standard InChI is InChI=1S/C26H28BN7O2S/c1-14(2)21-13-29-34-24(21)32-26(37-3)33-25(34)30-18-5-7-22-20(10-18)19-6-4-15(9-23(19)31-22)16-8-17(27(35)36)12-28-11-16/h4,6,8-9,11-14,18,31,35-36H,5,7,10H2,1-3H3,(H,30,32,33)/t18-/m1/s1. The first kappa shape index (κ1) is 24.0. The van der Waals surface area contributed by atoms with Gasteiger partial charge >= 0.3 is 7.12 Å². The lowest BCUT2D eigenvalue weighted by molar-refractivity contribution is 0.425. The number of nitrogens with one attached hydrogen (secondary N) is 2. The number of H-pyrrole nitrogens is 1. The number of thioether (sulfide) groups is 1. The Hall–Kier alpha value is -3.41. The van der Waals surface area contributed by atoms with Gasteiger partial charge in [0.1, 0.15) is 0 Å². The molecule has 4 N–H and O–H groups in total. The molecule has 1 atom stereocenters. The van der Waals surface area contributed by atoms with E-state index in [9.17, 15) is 10.0 Å². The third-order valence-electron chi connectivity index (χ3n) is 7.09. The summed E-state index contributed by atoms with van der Waals surface area (Å²) in [6.45, 7) is 4.30. The van der Waals surface area contributed by atoms with Crippen LogP contribution < -0.4 is 10.8 Å². The molecule has 0 unspecified atom stereocenters. The van der Waals surface area contributed by atoms with Crippen LogP contribution >= 0.6 is 11.8 Å².